The molecule has 0 radical (unpaired) electrons. The fraction of sp³-hybridized carbons (Fsp3) is 0.579. The Morgan fingerprint density at radius 2 is 2.12 bits per heavy atom. The molecule has 0 saturated carbocycles. The number of aromatic nitrogens is 2. The fourth-order valence-corrected chi connectivity index (χ4v) is 4.54. The van der Waals surface area contributed by atoms with Gasteiger partial charge in [0.15, 0.2) is 5.82 Å². The second-order valence-electron chi connectivity index (χ2n) is 7.30. The number of unbranched alkanes of at least 4 members (excludes halogenated alkanes) is 3. The molecule has 6 heteroatoms. The SMILES string of the molecule is CCCCCCNC1=C2Nc3ncnc(OC)c3SC2=CC(C)(C)C1. The lowest BCUT2D eigenvalue weighted by Crippen LogP contribution is -2.29. The Bertz CT molecular complexity index is 697. The van der Waals surface area contributed by atoms with Crippen LogP contribution < -0.4 is 15.4 Å². The molecule has 5 nitrogen and oxygen atoms in total. The Balaban J connectivity index is 1.84. The van der Waals surface area contributed by atoms with Gasteiger partial charge in [0.25, 0.3) is 0 Å². The van der Waals surface area contributed by atoms with Crippen LogP contribution in [0.25, 0.3) is 0 Å². The molecule has 2 aliphatic rings. The third-order valence-corrected chi connectivity index (χ3v) is 5.61. The van der Waals surface area contributed by atoms with Crippen LogP contribution >= 0.6 is 11.8 Å². The van der Waals surface area contributed by atoms with Crippen LogP contribution in [0.2, 0.25) is 0 Å². The van der Waals surface area contributed by atoms with Gasteiger partial charge in [-0.15, -0.1) is 0 Å². The largest absolute Gasteiger partial charge is 0.480 e. The molecule has 0 atom stereocenters. The number of ether oxygens (including phenoxy) is 1. The third-order valence-electron chi connectivity index (χ3n) is 4.49. The van der Waals surface area contributed by atoms with Gasteiger partial charge in [0.2, 0.25) is 5.88 Å². The molecular formula is C19H28N4OS. The predicted octanol–water partition coefficient (Wildman–Crippen LogP) is 4.70. The summed E-state index contributed by atoms with van der Waals surface area (Å²) in [5, 5.41) is 7.19. The molecule has 0 spiro atoms. The van der Waals surface area contributed by atoms with Crippen LogP contribution in [-0.2, 0) is 0 Å². The monoisotopic (exact) mass is 360 g/mol. The van der Waals surface area contributed by atoms with Crippen molar-refractivity contribution in [1.82, 2.24) is 15.3 Å². The number of thioether (sulfide) groups is 1. The number of hydrogen-bond donors (Lipinski definition) is 2. The third kappa shape index (κ3) is 4.11. The number of rotatable bonds is 7. The number of anilines is 1. The van der Waals surface area contributed by atoms with Crippen molar-refractivity contribution in [3.8, 4) is 5.88 Å². The number of hydrogen-bond acceptors (Lipinski definition) is 6. The van der Waals surface area contributed by atoms with Gasteiger partial charge >= 0.3 is 0 Å². The van der Waals surface area contributed by atoms with Crippen LogP contribution in [0.3, 0.4) is 0 Å². The number of nitrogens with one attached hydrogen (secondary N) is 2. The second-order valence-corrected chi connectivity index (χ2v) is 8.35. The van der Waals surface area contributed by atoms with Gasteiger partial charge in [0, 0.05) is 17.1 Å². The van der Waals surface area contributed by atoms with E-state index in [0.717, 1.165) is 29.4 Å². The molecule has 2 heterocycles. The normalized spacial score (nSPS) is 18.0. The van der Waals surface area contributed by atoms with Crippen molar-refractivity contribution in [2.45, 2.75) is 57.8 Å². The van der Waals surface area contributed by atoms with E-state index < -0.39 is 0 Å². The quantitative estimate of drug-likeness (QED) is 0.688. The van der Waals surface area contributed by atoms with Gasteiger partial charge in [-0.2, -0.15) is 0 Å². The maximum Gasteiger partial charge on any atom is 0.232 e. The first-order valence-electron chi connectivity index (χ1n) is 9.08. The molecule has 2 N–H and O–H groups in total. The Morgan fingerprint density at radius 1 is 1.28 bits per heavy atom. The molecule has 136 valence electrons. The smallest absolute Gasteiger partial charge is 0.232 e. The maximum absolute atomic E-state index is 5.40. The first kappa shape index (κ1) is 18.1. The maximum atomic E-state index is 5.40. The zero-order chi connectivity index (χ0) is 17.9. The zero-order valence-corrected chi connectivity index (χ0v) is 16.4. The van der Waals surface area contributed by atoms with Gasteiger partial charge in [-0.25, -0.2) is 9.97 Å². The summed E-state index contributed by atoms with van der Waals surface area (Å²) < 4.78 is 5.40. The number of nitrogens with zero attached hydrogens (tertiary/aromatic N) is 2. The highest BCUT2D eigenvalue weighted by Gasteiger charge is 2.33. The van der Waals surface area contributed by atoms with Crippen molar-refractivity contribution in [1.29, 1.82) is 0 Å². The van der Waals surface area contributed by atoms with E-state index in [4.69, 9.17) is 4.74 Å². The average molecular weight is 361 g/mol. The lowest BCUT2D eigenvalue weighted by molar-refractivity contribution is 0.386. The minimum atomic E-state index is 0.125. The lowest BCUT2D eigenvalue weighted by Gasteiger charge is -2.35. The van der Waals surface area contributed by atoms with Crippen LogP contribution in [-0.4, -0.2) is 23.6 Å². The Hall–Kier alpha value is -1.69. The van der Waals surface area contributed by atoms with Crippen molar-refractivity contribution in [3.05, 3.63) is 28.7 Å². The molecule has 1 aliphatic carbocycles. The summed E-state index contributed by atoms with van der Waals surface area (Å²) in [6, 6.07) is 0. The highest BCUT2D eigenvalue weighted by molar-refractivity contribution is 8.03. The summed E-state index contributed by atoms with van der Waals surface area (Å²) in [7, 11) is 1.65. The lowest BCUT2D eigenvalue weighted by atomic mass is 9.83. The molecule has 1 aromatic rings. The van der Waals surface area contributed by atoms with Crippen LogP contribution in [0.1, 0.15) is 52.9 Å². The Labute approximate surface area is 154 Å². The van der Waals surface area contributed by atoms with Crippen molar-refractivity contribution in [2.24, 2.45) is 5.41 Å². The molecule has 0 aromatic carbocycles. The first-order valence-corrected chi connectivity index (χ1v) is 9.90. The van der Waals surface area contributed by atoms with E-state index in [0.29, 0.717) is 5.88 Å². The highest BCUT2D eigenvalue weighted by atomic mass is 32.2. The molecule has 0 fully saturated rings. The minimum Gasteiger partial charge on any atom is -0.480 e. The molecule has 0 unspecified atom stereocenters. The van der Waals surface area contributed by atoms with Gasteiger partial charge in [0.05, 0.1) is 12.8 Å². The van der Waals surface area contributed by atoms with E-state index in [1.54, 1.807) is 25.2 Å². The highest BCUT2D eigenvalue weighted by Crippen LogP contribution is 2.50. The predicted molar refractivity (Wildman–Crippen MR) is 104 cm³/mol. The molecule has 1 aromatic heterocycles. The minimum absolute atomic E-state index is 0.125. The Kier molecular flexibility index (Phi) is 5.57. The van der Waals surface area contributed by atoms with Gasteiger partial charge < -0.3 is 15.4 Å². The fourth-order valence-electron chi connectivity index (χ4n) is 3.24. The molecule has 0 bridgehead atoms. The first-order chi connectivity index (χ1) is 12.0. The van der Waals surface area contributed by atoms with Gasteiger partial charge in [0.1, 0.15) is 11.2 Å². The standard InChI is InChI=1S/C19H28N4OS/c1-5-6-7-8-9-20-13-10-19(2,3)11-14-15(13)23-17-16(25-14)18(24-4)22-12-21-17/h11-12,20H,5-10H2,1-4H3,(H,21,22,23). The van der Waals surface area contributed by atoms with Crippen LogP contribution in [0.5, 0.6) is 5.88 Å². The van der Waals surface area contributed by atoms with Gasteiger partial charge in [-0.05, 0) is 18.3 Å². The van der Waals surface area contributed by atoms with Gasteiger partial charge in [-0.1, -0.05) is 57.9 Å². The molecule has 0 saturated heterocycles. The summed E-state index contributed by atoms with van der Waals surface area (Å²) >= 11 is 1.70. The summed E-state index contributed by atoms with van der Waals surface area (Å²) in [4.78, 5) is 10.8. The molecule has 1 aliphatic heterocycles. The van der Waals surface area contributed by atoms with E-state index in [2.05, 4.69) is 47.4 Å². The summed E-state index contributed by atoms with van der Waals surface area (Å²) in [6.45, 7) is 7.83. The van der Waals surface area contributed by atoms with E-state index in [1.807, 2.05) is 0 Å². The summed E-state index contributed by atoms with van der Waals surface area (Å²) in [6.07, 6.45) is 9.97. The van der Waals surface area contributed by atoms with Crippen molar-refractivity contribution in [2.75, 3.05) is 19.0 Å². The molecule has 3 rings (SSSR count). The van der Waals surface area contributed by atoms with E-state index in [-0.39, 0.29) is 5.41 Å². The molecular weight excluding hydrogens is 332 g/mol. The summed E-state index contributed by atoms with van der Waals surface area (Å²) in [5.41, 5.74) is 2.57. The van der Waals surface area contributed by atoms with Crippen LogP contribution in [0.15, 0.2) is 33.6 Å². The van der Waals surface area contributed by atoms with Gasteiger partial charge in [-0.3, -0.25) is 0 Å². The molecule has 25 heavy (non-hydrogen) atoms. The van der Waals surface area contributed by atoms with Crippen molar-refractivity contribution >= 4 is 17.6 Å². The zero-order valence-electron chi connectivity index (χ0n) is 15.6. The average Bonchev–Trinajstić information content (AvgIpc) is 2.58. The topological polar surface area (TPSA) is 59.1 Å². The van der Waals surface area contributed by atoms with Crippen molar-refractivity contribution in [3.63, 3.8) is 0 Å². The summed E-state index contributed by atoms with van der Waals surface area (Å²) in [5.74, 6) is 1.45. The number of allylic oxidation sites excluding steroid dienone is 2. The van der Waals surface area contributed by atoms with E-state index in [9.17, 15) is 0 Å². The second kappa shape index (κ2) is 7.68. The van der Waals surface area contributed by atoms with E-state index in [1.165, 1.54) is 36.3 Å². The molecule has 0 amide bonds. The van der Waals surface area contributed by atoms with Crippen molar-refractivity contribution < 1.29 is 4.74 Å². The Morgan fingerprint density at radius 3 is 2.88 bits per heavy atom. The number of methoxy groups -OCH3 is 1. The van der Waals surface area contributed by atoms with Crippen LogP contribution in [0, 0.1) is 5.41 Å². The van der Waals surface area contributed by atoms with E-state index >= 15 is 0 Å². The number of fused-ring (bicyclic) bond motifs is 2. The van der Waals surface area contributed by atoms with Crippen LogP contribution in [0.4, 0.5) is 5.82 Å².